The van der Waals surface area contributed by atoms with Gasteiger partial charge in [-0.25, -0.2) is 4.39 Å². The summed E-state index contributed by atoms with van der Waals surface area (Å²) in [5.41, 5.74) is 0. The molecule has 2 rings (SSSR count). The lowest BCUT2D eigenvalue weighted by atomic mass is 9.88. The van der Waals surface area contributed by atoms with E-state index in [-0.39, 0.29) is 18.0 Å². The van der Waals surface area contributed by atoms with Gasteiger partial charge in [-0.1, -0.05) is 6.92 Å². The minimum absolute atomic E-state index is 0.202. The van der Waals surface area contributed by atoms with Crippen LogP contribution in [0.1, 0.15) is 19.8 Å². The largest absolute Gasteiger partial charge is 0.487 e. The van der Waals surface area contributed by atoms with E-state index >= 15 is 0 Å². The highest BCUT2D eigenvalue weighted by Gasteiger charge is 2.42. The van der Waals surface area contributed by atoms with Gasteiger partial charge in [0.15, 0.2) is 0 Å². The van der Waals surface area contributed by atoms with Crippen LogP contribution in [0.25, 0.3) is 0 Å². The monoisotopic (exact) mass is 318 g/mol. The number of ether oxygens (including phenoxy) is 2. The smallest absolute Gasteiger partial charge is 0.141 e. The second kappa shape index (κ2) is 5.99. The third-order valence-corrected chi connectivity index (χ3v) is 3.56. The molecule has 0 amide bonds. The third kappa shape index (κ3) is 3.02. The summed E-state index contributed by atoms with van der Waals surface area (Å²) in [6, 6.07) is 4.61. The van der Waals surface area contributed by atoms with Crippen molar-refractivity contribution in [2.24, 2.45) is 0 Å². The Bertz CT molecular complexity index is 413. The van der Waals surface area contributed by atoms with Gasteiger partial charge in [-0.3, -0.25) is 0 Å². The van der Waals surface area contributed by atoms with Crippen LogP contribution in [-0.2, 0) is 4.74 Å². The summed E-state index contributed by atoms with van der Waals surface area (Å²) in [5.74, 6) is 0.0936. The van der Waals surface area contributed by atoms with Crippen LogP contribution >= 0.6 is 15.9 Å². The SMILES string of the molecule is CCCOC1C(O)CC1Oc1ccc(Br)c(F)c1. The molecule has 1 aliphatic carbocycles. The Kier molecular flexibility index (Phi) is 4.59. The van der Waals surface area contributed by atoms with Gasteiger partial charge in [0.05, 0.1) is 10.6 Å². The molecule has 100 valence electrons. The minimum Gasteiger partial charge on any atom is -0.487 e. The molecule has 5 heteroatoms. The predicted molar refractivity (Wildman–Crippen MR) is 69.2 cm³/mol. The lowest BCUT2D eigenvalue weighted by Crippen LogP contribution is -2.55. The van der Waals surface area contributed by atoms with Crippen molar-refractivity contribution < 1.29 is 19.0 Å². The lowest BCUT2D eigenvalue weighted by molar-refractivity contribution is -0.162. The molecule has 0 radical (unpaired) electrons. The van der Waals surface area contributed by atoms with Crippen LogP contribution in [0, 0.1) is 5.82 Å². The van der Waals surface area contributed by atoms with Gasteiger partial charge in [0.25, 0.3) is 0 Å². The van der Waals surface area contributed by atoms with Crippen molar-refractivity contribution >= 4 is 15.9 Å². The molecule has 0 saturated heterocycles. The average molecular weight is 319 g/mol. The number of hydrogen-bond acceptors (Lipinski definition) is 3. The highest BCUT2D eigenvalue weighted by atomic mass is 79.9. The first-order valence-electron chi connectivity index (χ1n) is 6.03. The fourth-order valence-corrected chi connectivity index (χ4v) is 2.12. The Balaban J connectivity index is 1.94. The minimum atomic E-state index is -0.484. The highest BCUT2D eigenvalue weighted by molar-refractivity contribution is 9.10. The molecule has 18 heavy (non-hydrogen) atoms. The van der Waals surface area contributed by atoms with Gasteiger partial charge in [-0.2, -0.15) is 0 Å². The van der Waals surface area contributed by atoms with Crippen molar-refractivity contribution in [2.45, 2.75) is 38.1 Å². The van der Waals surface area contributed by atoms with Gasteiger partial charge in [0.2, 0.25) is 0 Å². The summed E-state index contributed by atoms with van der Waals surface area (Å²) in [4.78, 5) is 0. The molecule has 3 nitrogen and oxygen atoms in total. The molecule has 0 aliphatic heterocycles. The topological polar surface area (TPSA) is 38.7 Å². The average Bonchev–Trinajstić information content (AvgIpc) is 2.33. The van der Waals surface area contributed by atoms with Gasteiger partial charge >= 0.3 is 0 Å². The maximum Gasteiger partial charge on any atom is 0.141 e. The van der Waals surface area contributed by atoms with Crippen molar-refractivity contribution in [3.63, 3.8) is 0 Å². The van der Waals surface area contributed by atoms with Crippen LogP contribution in [0.4, 0.5) is 4.39 Å². The molecule has 1 fully saturated rings. The predicted octanol–water partition coefficient (Wildman–Crippen LogP) is 2.90. The fourth-order valence-electron chi connectivity index (χ4n) is 1.87. The summed E-state index contributed by atoms with van der Waals surface area (Å²) in [6.07, 6.45) is 0.417. The van der Waals surface area contributed by atoms with Crippen molar-refractivity contribution in [3.05, 3.63) is 28.5 Å². The summed E-state index contributed by atoms with van der Waals surface area (Å²) in [6.45, 7) is 2.60. The van der Waals surface area contributed by atoms with E-state index in [1.807, 2.05) is 6.92 Å². The summed E-state index contributed by atoms with van der Waals surface area (Å²) < 4.78 is 24.8. The molecule has 0 heterocycles. The molecule has 3 unspecified atom stereocenters. The molecule has 0 spiro atoms. The van der Waals surface area contributed by atoms with Gasteiger partial charge < -0.3 is 14.6 Å². The third-order valence-electron chi connectivity index (χ3n) is 2.91. The van der Waals surface area contributed by atoms with Crippen molar-refractivity contribution in [1.29, 1.82) is 0 Å². The van der Waals surface area contributed by atoms with E-state index < -0.39 is 6.10 Å². The first kappa shape index (κ1) is 13.8. The highest BCUT2D eigenvalue weighted by Crippen LogP contribution is 2.30. The van der Waals surface area contributed by atoms with Crippen LogP contribution in [0.3, 0.4) is 0 Å². The van der Waals surface area contributed by atoms with Crippen LogP contribution in [0.5, 0.6) is 5.75 Å². The van der Waals surface area contributed by atoms with E-state index in [4.69, 9.17) is 9.47 Å². The molecule has 1 N–H and O–H groups in total. The van der Waals surface area contributed by atoms with E-state index in [0.717, 1.165) is 6.42 Å². The van der Waals surface area contributed by atoms with Crippen LogP contribution in [0.15, 0.2) is 22.7 Å². The maximum atomic E-state index is 13.3. The molecule has 1 aliphatic rings. The lowest BCUT2D eigenvalue weighted by Gasteiger charge is -2.40. The molecule has 1 aromatic rings. The summed E-state index contributed by atoms with van der Waals surface area (Å²) >= 11 is 3.09. The maximum absolute atomic E-state index is 13.3. The zero-order chi connectivity index (χ0) is 13.1. The Hall–Kier alpha value is -0.650. The second-order valence-electron chi connectivity index (χ2n) is 4.37. The van der Waals surface area contributed by atoms with Gasteiger partial charge in [-0.05, 0) is 34.5 Å². The standard InChI is InChI=1S/C13H16BrFO3/c1-2-5-17-13-11(16)7-12(13)18-8-3-4-9(14)10(15)6-8/h3-4,6,11-13,16H,2,5,7H2,1H3. The molecule has 1 aromatic carbocycles. The number of rotatable bonds is 5. The number of aliphatic hydroxyl groups excluding tert-OH is 1. The van der Waals surface area contributed by atoms with Crippen LogP contribution in [0.2, 0.25) is 0 Å². The number of aliphatic hydroxyl groups is 1. The number of halogens is 2. The van der Waals surface area contributed by atoms with E-state index in [2.05, 4.69) is 15.9 Å². The van der Waals surface area contributed by atoms with Gasteiger partial charge in [0, 0.05) is 19.1 Å². The second-order valence-corrected chi connectivity index (χ2v) is 5.23. The zero-order valence-electron chi connectivity index (χ0n) is 10.1. The normalized spacial score (nSPS) is 26.8. The Morgan fingerprint density at radius 1 is 1.50 bits per heavy atom. The number of benzene rings is 1. The number of hydrogen-bond donors (Lipinski definition) is 1. The fraction of sp³-hybridized carbons (Fsp3) is 0.538. The van der Waals surface area contributed by atoms with Crippen LogP contribution in [-0.4, -0.2) is 30.0 Å². The Morgan fingerprint density at radius 3 is 2.89 bits per heavy atom. The molecular weight excluding hydrogens is 303 g/mol. The summed E-state index contributed by atoms with van der Waals surface area (Å²) in [5, 5.41) is 9.59. The van der Waals surface area contributed by atoms with E-state index in [0.29, 0.717) is 23.2 Å². The first-order valence-corrected chi connectivity index (χ1v) is 6.82. The molecule has 1 saturated carbocycles. The summed E-state index contributed by atoms with van der Waals surface area (Å²) in [7, 11) is 0. The first-order chi connectivity index (χ1) is 8.61. The van der Waals surface area contributed by atoms with E-state index in [1.54, 1.807) is 12.1 Å². The van der Waals surface area contributed by atoms with E-state index in [9.17, 15) is 9.50 Å². The molecular formula is C13H16BrFO3. The van der Waals surface area contributed by atoms with Crippen molar-refractivity contribution in [1.82, 2.24) is 0 Å². The van der Waals surface area contributed by atoms with Crippen LogP contribution < -0.4 is 4.74 Å². The van der Waals surface area contributed by atoms with Crippen molar-refractivity contribution in [2.75, 3.05) is 6.61 Å². The van der Waals surface area contributed by atoms with Gasteiger partial charge in [0.1, 0.15) is 23.8 Å². The molecule has 3 atom stereocenters. The molecule has 0 aromatic heterocycles. The Morgan fingerprint density at radius 2 is 2.28 bits per heavy atom. The van der Waals surface area contributed by atoms with Crippen molar-refractivity contribution in [3.8, 4) is 5.75 Å². The van der Waals surface area contributed by atoms with E-state index in [1.165, 1.54) is 6.07 Å². The quantitative estimate of drug-likeness (QED) is 0.907. The van der Waals surface area contributed by atoms with Gasteiger partial charge in [-0.15, -0.1) is 0 Å². The zero-order valence-corrected chi connectivity index (χ0v) is 11.7. The Labute approximate surface area is 114 Å². The molecule has 0 bridgehead atoms.